The van der Waals surface area contributed by atoms with Crippen LogP contribution < -0.4 is 0 Å². The van der Waals surface area contributed by atoms with E-state index in [9.17, 15) is 13.5 Å². The Morgan fingerprint density at radius 3 is 2.72 bits per heavy atom. The van der Waals surface area contributed by atoms with Crippen LogP contribution in [0.15, 0.2) is 36.8 Å². The molecule has 1 aromatic carbocycles. The van der Waals surface area contributed by atoms with Crippen molar-refractivity contribution in [2.45, 2.75) is 37.8 Å². The van der Waals surface area contributed by atoms with Crippen molar-refractivity contribution in [2.75, 3.05) is 11.5 Å². The molecule has 5 rings (SSSR count). The van der Waals surface area contributed by atoms with Crippen LogP contribution >= 0.6 is 0 Å². The van der Waals surface area contributed by atoms with Crippen molar-refractivity contribution in [1.29, 1.82) is 0 Å². The highest BCUT2D eigenvalue weighted by Crippen LogP contribution is 2.56. The van der Waals surface area contributed by atoms with E-state index in [1.165, 1.54) is 11.1 Å². The van der Waals surface area contributed by atoms with Gasteiger partial charge in [-0.15, -0.1) is 0 Å². The number of nitrogens with zero attached hydrogens (tertiary/aromatic N) is 2. The van der Waals surface area contributed by atoms with Gasteiger partial charge in [0.1, 0.15) is 9.84 Å². The SMILES string of the molecule is O=S1(=O)CCC2(CCC(C3c4ccccc4-c4cncn43)C2O)CC1. The molecule has 6 heteroatoms. The summed E-state index contributed by atoms with van der Waals surface area (Å²) < 4.78 is 25.9. The van der Waals surface area contributed by atoms with Gasteiger partial charge < -0.3 is 9.67 Å². The number of aromatic nitrogens is 2. The van der Waals surface area contributed by atoms with Crippen molar-refractivity contribution in [3.05, 3.63) is 42.4 Å². The second-order valence-corrected chi connectivity index (χ2v) is 10.2. The van der Waals surface area contributed by atoms with Gasteiger partial charge in [0.15, 0.2) is 0 Å². The molecule has 3 heterocycles. The minimum absolute atomic E-state index is 0.0987. The molecule has 1 aliphatic carbocycles. The maximum atomic E-state index is 11.8. The standard InChI is InChI=1S/C19H22N2O3S/c22-18-15(5-6-19(18)7-9-25(23,24)10-8-19)17-14-4-2-1-3-13(14)16-11-20-12-21(16)17/h1-4,11-12,15,17-18,22H,5-10H2. The number of sulfone groups is 1. The molecule has 132 valence electrons. The van der Waals surface area contributed by atoms with E-state index in [-0.39, 0.29) is 28.9 Å². The van der Waals surface area contributed by atoms with E-state index in [4.69, 9.17) is 0 Å². The van der Waals surface area contributed by atoms with E-state index >= 15 is 0 Å². The lowest BCUT2D eigenvalue weighted by molar-refractivity contribution is 0.00754. The average molecular weight is 358 g/mol. The summed E-state index contributed by atoms with van der Waals surface area (Å²) >= 11 is 0. The van der Waals surface area contributed by atoms with Crippen molar-refractivity contribution in [2.24, 2.45) is 11.3 Å². The summed E-state index contributed by atoms with van der Waals surface area (Å²) in [6.45, 7) is 0. The minimum atomic E-state index is -2.92. The van der Waals surface area contributed by atoms with E-state index in [1.807, 2.05) is 18.6 Å². The van der Waals surface area contributed by atoms with E-state index in [1.54, 1.807) is 0 Å². The summed E-state index contributed by atoms with van der Waals surface area (Å²) in [6.07, 6.45) is 6.33. The fourth-order valence-corrected chi connectivity index (χ4v) is 6.98. The number of benzene rings is 1. The number of aliphatic hydroxyl groups is 1. The maximum absolute atomic E-state index is 11.8. The van der Waals surface area contributed by atoms with Gasteiger partial charge in [-0.25, -0.2) is 13.4 Å². The molecule has 3 unspecified atom stereocenters. The molecule has 0 radical (unpaired) electrons. The second-order valence-electron chi connectivity index (χ2n) is 7.88. The summed E-state index contributed by atoms with van der Waals surface area (Å²) in [6, 6.07) is 8.46. The van der Waals surface area contributed by atoms with Crippen LogP contribution in [0.2, 0.25) is 0 Å². The Kier molecular flexibility index (Phi) is 3.23. The summed E-state index contributed by atoms with van der Waals surface area (Å²) in [5.74, 6) is 0.542. The Bertz CT molecular complexity index is 920. The van der Waals surface area contributed by atoms with Crippen LogP contribution in [-0.2, 0) is 9.84 Å². The van der Waals surface area contributed by atoms with Crippen LogP contribution in [0.3, 0.4) is 0 Å². The first-order chi connectivity index (χ1) is 12.0. The molecule has 0 amide bonds. The van der Waals surface area contributed by atoms with Gasteiger partial charge >= 0.3 is 0 Å². The lowest BCUT2D eigenvalue weighted by Gasteiger charge is -2.38. The quantitative estimate of drug-likeness (QED) is 0.850. The van der Waals surface area contributed by atoms with Gasteiger partial charge in [-0.05, 0) is 36.7 Å². The fraction of sp³-hybridized carbons (Fsp3) is 0.526. The second kappa shape index (κ2) is 5.17. The van der Waals surface area contributed by atoms with Crippen molar-refractivity contribution in [3.63, 3.8) is 0 Å². The summed E-state index contributed by atoms with van der Waals surface area (Å²) in [4.78, 5) is 4.31. The van der Waals surface area contributed by atoms with Crippen LogP contribution in [-0.4, -0.2) is 40.7 Å². The molecule has 1 spiro atoms. The van der Waals surface area contributed by atoms with Crippen molar-refractivity contribution < 1.29 is 13.5 Å². The van der Waals surface area contributed by atoms with Crippen LogP contribution in [0.5, 0.6) is 0 Å². The van der Waals surface area contributed by atoms with Gasteiger partial charge in [0.05, 0.1) is 41.9 Å². The monoisotopic (exact) mass is 358 g/mol. The molecule has 2 fully saturated rings. The number of imidazole rings is 1. The van der Waals surface area contributed by atoms with Crippen molar-refractivity contribution in [1.82, 2.24) is 9.55 Å². The maximum Gasteiger partial charge on any atom is 0.150 e. The molecule has 5 nitrogen and oxygen atoms in total. The summed E-state index contributed by atoms with van der Waals surface area (Å²) in [7, 11) is -2.92. The van der Waals surface area contributed by atoms with Crippen molar-refractivity contribution >= 4 is 9.84 Å². The zero-order valence-electron chi connectivity index (χ0n) is 14.0. The first-order valence-corrected chi connectivity index (χ1v) is 10.8. The molecule has 2 aliphatic heterocycles. The van der Waals surface area contributed by atoms with Crippen LogP contribution in [0.4, 0.5) is 0 Å². The number of hydrogen-bond donors (Lipinski definition) is 1. The number of hydrogen-bond acceptors (Lipinski definition) is 4. The molecule has 0 bridgehead atoms. The number of rotatable bonds is 1. The highest BCUT2D eigenvalue weighted by molar-refractivity contribution is 7.91. The van der Waals surface area contributed by atoms with E-state index < -0.39 is 15.9 Å². The van der Waals surface area contributed by atoms with Gasteiger partial charge in [-0.3, -0.25) is 0 Å². The highest BCUT2D eigenvalue weighted by Gasteiger charge is 2.53. The molecule has 3 atom stereocenters. The third-order valence-electron chi connectivity index (χ3n) is 6.76. The Balaban J connectivity index is 1.51. The molecule has 2 aromatic rings. The third kappa shape index (κ3) is 2.16. The number of fused-ring (bicyclic) bond motifs is 3. The fourth-order valence-electron chi connectivity index (χ4n) is 5.34. The molecule has 1 aromatic heterocycles. The van der Waals surface area contributed by atoms with E-state index in [2.05, 4.69) is 27.8 Å². The van der Waals surface area contributed by atoms with E-state index in [0.717, 1.165) is 18.5 Å². The summed E-state index contributed by atoms with van der Waals surface area (Å²) in [5, 5.41) is 11.3. The Hall–Kier alpha value is -1.66. The van der Waals surface area contributed by atoms with Gasteiger partial charge in [-0.1, -0.05) is 24.3 Å². The van der Waals surface area contributed by atoms with Crippen molar-refractivity contribution in [3.8, 4) is 11.3 Å². The van der Waals surface area contributed by atoms with Crippen LogP contribution in [0, 0.1) is 11.3 Å². The Labute approximate surface area is 147 Å². The number of aliphatic hydroxyl groups excluding tert-OH is 1. The largest absolute Gasteiger partial charge is 0.392 e. The summed E-state index contributed by atoms with van der Waals surface area (Å²) in [5.41, 5.74) is 3.34. The lowest BCUT2D eigenvalue weighted by Crippen LogP contribution is -2.42. The zero-order valence-corrected chi connectivity index (χ0v) is 14.8. The minimum Gasteiger partial charge on any atom is -0.392 e. The molecule has 1 N–H and O–H groups in total. The van der Waals surface area contributed by atoms with Gasteiger partial charge in [0.25, 0.3) is 0 Å². The predicted octanol–water partition coefficient (Wildman–Crippen LogP) is 2.42. The van der Waals surface area contributed by atoms with Gasteiger partial charge in [0.2, 0.25) is 0 Å². The van der Waals surface area contributed by atoms with Crippen LogP contribution in [0.25, 0.3) is 11.3 Å². The molecular formula is C19H22N2O3S. The van der Waals surface area contributed by atoms with Gasteiger partial charge in [-0.2, -0.15) is 0 Å². The topological polar surface area (TPSA) is 72.2 Å². The molecule has 3 aliphatic rings. The van der Waals surface area contributed by atoms with E-state index in [0.29, 0.717) is 12.8 Å². The molecule has 25 heavy (non-hydrogen) atoms. The zero-order chi connectivity index (χ0) is 17.2. The predicted molar refractivity (Wildman–Crippen MR) is 94.9 cm³/mol. The molecule has 1 saturated carbocycles. The lowest BCUT2D eigenvalue weighted by atomic mass is 9.76. The third-order valence-corrected chi connectivity index (χ3v) is 8.41. The highest BCUT2D eigenvalue weighted by atomic mass is 32.2. The van der Waals surface area contributed by atoms with Crippen LogP contribution in [0.1, 0.15) is 37.3 Å². The smallest absolute Gasteiger partial charge is 0.150 e. The molecular weight excluding hydrogens is 336 g/mol. The Morgan fingerprint density at radius 2 is 1.92 bits per heavy atom. The average Bonchev–Trinajstić information content (AvgIpc) is 3.26. The normalized spacial score (nSPS) is 31.8. The first-order valence-electron chi connectivity index (χ1n) is 9.00. The first kappa shape index (κ1) is 15.6. The Morgan fingerprint density at radius 1 is 1.16 bits per heavy atom. The molecule has 1 saturated heterocycles. The van der Waals surface area contributed by atoms with Gasteiger partial charge in [0, 0.05) is 11.5 Å².